The summed E-state index contributed by atoms with van der Waals surface area (Å²) in [6.45, 7) is 0.743. The molecule has 2 aromatic rings. The van der Waals surface area contributed by atoms with Crippen molar-refractivity contribution < 1.29 is 0 Å². The summed E-state index contributed by atoms with van der Waals surface area (Å²) in [5, 5.41) is 7.65. The SMILES string of the molecule is CNc1ccccc1CNc1ncccc1CSC1=CC=C(Cl)CC1. The van der Waals surface area contributed by atoms with Crippen LogP contribution < -0.4 is 10.6 Å². The Balaban J connectivity index is 1.65. The molecule has 0 amide bonds. The first kappa shape index (κ1) is 17.9. The second-order valence-corrected chi connectivity index (χ2v) is 7.39. The summed E-state index contributed by atoms with van der Waals surface area (Å²) in [5.41, 5.74) is 3.58. The van der Waals surface area contributed by atoms with Gasteiger partial charge in [0.25, 0.3) is 0 Å². The van der Waals surface area contributed by atoms with Gasteiger partial charge in [-0.05, 0) is 41.5 Å². The van der Waals surface area contributed by atoms with E-state index < -0.39 is 0 Å². The molecule has 2 N–H and O–H groups in total. The van der Waals surface area contributed by atoms with Gasteiger partial charge in [-0.25, -0.2) is 4.98 Å². The van der Waals surface area contributed by atoms with Gasteiger partial charge in [0.05, 0.1) is 0 Å². The number of para-hydroxylation sites is 1. The van der Waals surface area contributed by atoms with Gasteiger partial charge in [0.1, 0.15) is 5.82 Å². The smallest absolute Gasteiger partial charge is 0.130 e. The lowest BCUT2D eigenvalue weighted by molar-refractivity contribution is 1.00. The molecule has 25 heavy (non-hydrogen) atoms. The highest BCUT2D eigenvalue weighted by molar-refractivity contribution is 8.02. The molecular formula is C20H22ClN3S. The predicted octanol–water partition coefficient (Wildman–Crippen LogP) is 5.77. The molecule has 130 valence electrons. The fourth-order valence-corrected chi connectivity index (χ4v) is 3.84. The first-order valence-corrected chi connectivity index (χ1v) is 9.74. The van der Waals surface area contributed by atoms with Crippen LogP contribution in [-0.2, 0) is 12.3 Å². The van der Waals surface area contributed by atoms with Crippen LogP contribution in [0.1, 0.15) is 24.0 Å². The molecule has 1 heterocycles. The molecule has 0 bridgehead atoms. The topological polar surface area (TPSA) is 37.0 Å². The lowest BCUT2D eigenvalue weighted by Crippen LogP contribution is -2.06. The standard InChI is InChI=1S/C20H22ClN3S/c1-22-19-7-3-2-5-15(19)13-24-20-16(6-4-12-23-20)14-25-18-10-8-17(21)9-11-18/h2-8,10,12,22H,9,11,13-14H2,1H3,(H,23,24). The zero-order valence-corrected chi connectivity index (χ0v) is 15.8. The Kier molecular flexibility index (Phi) is 6.42. The summed E-state index contributed by atoms with van der Waals surface area (Å²) in [5.74, 6) is 1.85. The number of rotatable bonds is 7. The number of pyridine rings is 1. The van der Waals surface area contributed by atoms with Crippen LogP contribution in [0.5, 0.6) is 0 Å². The highest BCUT2D eigenvalue weighted by Crippen LogP contribution is 2.32. The van der Waals surface area contributed by atoms with Crippen molar-refractivity contribution in [2.24, 2.45) is 0 Å². The van der Waals surface area contributed by atoms with Gasteiger partial charge in [-0.1, -0.05) is 41.9 Å². The van der Waals surface area contributed by atoms with Crippen LogP contribution in [0.4, 0.5) is 11.5 Å². The number of hydrogen-bond donors (Lipinski definition) is 2. The zero-order valence-electron chi connectivity index (χ0n) is 14.3. The van der Waals surface area contributed by atoms with E-state index in [1.807, 2.05) is 43.2 Å². The van der Waals surface area contributed by atoms with Gasteiger partial charge in [0, 0.05) is 41.8 Å². The Morgan fingerprint density at radius 2 is 1.92 bits per heavy atom. The summed E-state index contributed by atoms with van der Waals surface area (Å²) >= 11 is 7.89. The fraction of sp³-hybridized carbons (Fsp3) is 0.250. The van der Waals surface area contributed by atoms with Crippen molar-refractivity contribution in [3.63, 3.8) is 0 Å². The third-order valence-electron chi connectivity index (χ3n) is 4.10. The number of thioether (sulfide) groups is 1. The third kappa shape index (κ3) is 5.03. The number of aromatic nitrogens is 1. The van der Waals surface area contributed by atoms with E-state index in [4.69, 9.17) is 11.6 Å². The molecule has 0 saturated carbocycles. The lowest BCUT2D eigenvalue weighted by Gasteiger charge is -2.14. The molecule has 0 aliphatic heterocycles. The van der Waals surface area contributed by atoms with E-state index in [2.05, 4.69) is 46.0 Å². The summed E-state index contributed by atoms with van der Waals surface area (Å²) in [6.07, 6.45) is 7.94. The van der Waals surface area contributed by atoms with Crippen LogP contribution in [-0.4, -0.2) is 12.0 Å². The van der Waals surface area contributed by atoms with Crippen molar-refractivity contribution in [2.45, 2.75) is 25.1 Å². The summed E-state index contributed by atoms with van der Waals surface area (Å²) < 4.78 is 0. The van der Waals surface area contributed by atoms with E-state index in [0.717, 1.165) is 41.7 Å². The van der Waals surface area contributed by atoms with Crippen LogP contribution in [0, 0.1) is 0 Å². The van der Waals surface area contributed by atoms with Crippen molar-refractivity contribution in [1.82, 2.24) is 4.98 Å². The minimum Gasteiger partial charge on any atom is -0.388 e. The maximum atomic E-state index is 6.03. The molecular weight excluding hydrogens is 350 g/mol. The van der Waals surface area contributed by atoms with Crippen LogP contribution in [0.2, 0.25) is 0 Å². The Labute approximate surface area is 158 Å². The van der Waals surface area contributed by atoms with Gasteiger partial charge in [-0.15, -0.1) is 11.8 Å². The van der Waals surface area contributed by atoms with Gasteiger partial charge < -0.3 is 10.6 Å². The summed E-state index contributed by atoms with van der Waals surface area (Å²) in [7, 11) is 1.94. The first-order chi connectivity index (χ1) is 12.3. The quantitative estimate of drug-likeness (QED) is 0.647. The predicted molar refractivity (Wildman–Crippen MR) is 110 cm³/mol. The molecule has 0 saturated heterocycles. The second kappa shape index (κ2) is 8.97. The molecule has 0 atom stereocenters. The van der Waals surface area contributed by atoms with E-state index in [9.17, 15) is 0 Å². The Morgan fingerprint density at radius 3 is 2.72 bits per heavy atom. The third-order valence-corrected chi connectivity index (χ3v) is 5.58. The summed E-state index contributed by atoms with van der Waals surface area (Å²) in [6, 6.07) is 12.4. The van der Waals surface area contributed by atoms with Gasteiger partial charge in [-0.3, -0.25) is 0 Å². The molecule has 0 unspecified atom stereocenters. The second-order valence-electron chi connectivity index (χ2n) is 5.81. The molecule has 1 aliphatic rings. The molecule has 0 radical (unpaired) electrons. The fourth-order valence-electron chi connectivity index (χ4n) is 2.69. The minimum absolute atomic E-state index is 0.743. The van der Waals surface area contributed by atoms with E-state index in [1.54, 1.807) is 0 Å². The van der Waals surface area contributed by atoms with E-state index >= 15 is 0 Å². The Morgan fingerprint density at radius 1 is 1.08 bits per heavy atom. The van der Waals surface area contributed by atoms with Crippen LogP contribution in [0.25, 0.3) is 0 Å². The Hall–Kier alpha value is -1.91. The maximum absolute atomic E-state index is 6.03. The zero-order chi connectivity index (χ0) is 17.5. The van der Waals surface area contributed by atoms with Gasteiger partial charge in [-0.2, -0.15) is 0 Å². The minimum atomic E-state index is 0.743. The molecule has 1 aromatic carbocycles. The lowest BCUT2D eigenvalue weighted by atomic mass is 10.1. The molecule has 3 nitrogen and oxygen atoms in total. The average Bonchev–Trinajstić information content (AvgIpc) is 2.67. The van der Waals surface area contributed by atoms with Crippen molar-refractivity contribution >= 4 is 34.9 Å². The van der Waals surface area contributed by atoms with Crippen molar-refractivity contribution in [1.29, 1.82) is 0 Å². The molecule has 0 spiro atoms. The maximum Gasteiger partial charge on any atom is 0.130 e. The molecule has 1 aliphatic carbocycles. The van der Waals surface area contributed by atoms with Crippen LogP contribution in [0.3, 0.4) is 0 Å². The van der Waals surface area contributed by atoms with Crippen molar-refractivity contribution in [2.75, 3.05) is 17.7 Å². The number of benzene rings is 1. The summed E-state index contributed by atoms with van der Waals surface area (Å²) in [4.78, 5) is 5.90. The van der Waals surface area contributed by atoms with Crippen molar-refractivity contribution in [3.8, 4) is 0 Å². The monoisotopic (exact) mass is 371 g/mol. The highest BCUT2D eigenvalue weighted by atomic mass is 35.5. The first-order valence-electron chi connectivity index (χ1n) is 8.37. The largest absolute Gasteiger partial charge is 0.388 e. The number of halogens is 1. The molecule has 5 heteroatoms. The number of anilines is 2. The number of allylic oxidation sites excluding steroid dienone is 4. The van der Waals surface area contributed by atoms with E-state index in [0.29, 0.717) is 0 Å². The average molecular weight is 372 g/mol. The van der Waals surface area contributed by atoms with Crippen LogP contribution in [0.15, 0.2) is 64.7 Å². The number of hydrogen-bond acceptors (Lipinski definition) is 4. The molecule has 3 rings (SSSR count). The normalized spacial score (nSPS) is 13.8. The van der Waals surface area contributed by atoms with Gasteiger partial charge >= 0.3 is 0 Å². The van der Waals surface area contributed by atoms with Crippen molar-refractivity contribution in [3.05, 3.63) is 75.8 Å². The van der Waals surface area contributed by atoms with E-state index in [-0.39, 0.29) is 0 Å². The molecule has 0 fully saturated rings. The van der Waals surface area contributed by atoms with Gasteiger partial charge in [0.15, 0.2) is 0 Å². The Bertz CT molecular complexity index is 786. The number of nitrogens with one attached hydrogen (secondary N) is 2. The van der Waals surface area contributed by atoms with E-state index in [1.165, 1.54) is 16.0 Å². The van der Waals surface area contributed by atoms with Crippen LogP contribution >= 0.6 is 23.4 Å². The highest BCUT2D eigenvalue weighted by Gasteiger charge is 2.09. The number of nitrogens with zero attached hydrogens (tertiary/aromatic N) is 1. The molecule has 1 aromatic heterocycles. The van der Waals surface area contributed by atoms with Gasteiger partial charge in [0.2, 0.25) is 0 Å².